The van der Waals surface area contributed by atoms with E-state index in [2.05, 4.69) is 178 Å². The molecule has 0 bridgehead atoms. The first kappa shape index (κ1) is 34.7. The number of benzene rings is 6. The van der Waals surface area contributed by atoms with Gasteiger partial charge in [-0.1, -0.05) is 134 Å². The molecule has 9 rings (SSSR count). The third-order valence-corrected chi connectivity index (χ3v) is 12.4. The second-order valence-electron chi connectivity index (χ2n) is 17.8. The van der Waals surface area contributed by atoms with Crippen molar-refractivity contribution in [3.05, 3.63) is 149 Å². The lowest BCUT2D eigenvalue weighted by molar-refractivity contribution is 0.433. The molecule has 0 unspecified atom stereocenters. The largest absolute Gasteiger partial charge is 0.319 e. The Morgan fingerprint density at radius 2 is 1.11 bits per heavy atom. The van der Waals surface area contributed by atoms with Crippen molar-refractivity contribution in [2.45, 2.75) is 84.0 Å². The van der Waals surface area contributed by atoms with E-state index in [1.165, 1.54) is 16.7 Å². The van der Waals surface area contributed by atoms with E-state index in [9.17, 15) is 5.26 Å². The number of fused-ring (bicyclic) bond motifs is 7. The van der Waals surface area contributed by atoms with Crippen molar-refractivity contribution in [2.24, 2.45) is 0 Å². The smallest absolute Gasteiger partial charge is 0.230 e. The van der Waals surface area contributed by atoms with E-state index in [0.29, 0.717) is 11.3 Å². The molecule has 0 aliphatic heterocycles. The fourth-order valence-electron chi connectivity index (χ4n) is 9.61. The predicted octanol–water partition coefficient (Wildman–Crippen LogP) is 14.0. The van der Waals surface area contributed by atoms with Crippen molar-refractivity contribution in [1.29, 1.82) is 5.26 Å². The highest BCUT2D eigenvalue weighted by atomic mass is 15.0. The maximum atomic E-state index is 11.5. The molecule has 2 aromatic heterocycles. The summed E-state index contributed by atoms with van der Waals surface area (Å²) in [5.41, 5.74) is 12.0. The van der Waals surface area contributed by atoms with Crippen LogP contribution in [0.3, 0.4) is 0 Å². The van der Waals surface area contributed by atoms with Crippen LogP contribution in [0.4, 0.5) is 5.69 Å². The molecule has 0 saturated heterocycles. The van der Waals surface area contributed by atoms with Crippen molar-refractivity contribution in [3.63, 3.8) is 0 Å². The Morgan fingerprint density at radius 1 is 0.600 bits per heavy atom. The van der Waals surface area contributed by atoms with Crippen molar-refractivity contribution < 1.29 is 0 Å². The van der Waals surface area contributed by atoms with Gasteiger partial charge in [0.15, 0.2) is 0 Å². The van der Waals surface area contributed by atoms with Gasteiger partial charge in [0, 0.05) is 21.5 Å². The van der Waals surface area contributed by atoms with Crippen LogP contribution in [-0.4, -0.2) is 9.13 Å². The van der Waals surface area contributed by atoms with Crippen LogP contribution in [-0.2, 0) is 16.2 Å². The average Bonchev–Trinajstić information content (AvgIpc) is 3.65. The number of nitriles is 1. The van der Waals surface area contributed by atoms with Gasteiger partial charge in [0.1, 0.15) is 0 Å². The van der Waals surface area contributed by atoms with Gasteiger partial charge in [0.2, 0.25) is 5.69 Å². The minimum Gasteiger partial charge on any atom is -0.319 e. The molecular formula is C51H46N4. The molecule has 1 aliphatic carbocycles. The van der Waals surface area contributed by atoms with Gasteiger partial charge in [-0.2, -0.15) is 5.26 Å². The Labute approximate surface area is 324 Å². The Hall–Kier alpha value is -6.10. The number of aromatic nitrogens is 2. The number of para-hydroxylation sites is 2. The van der Waals surface area contributed by atoms with Gasteiger partial charge < -0.3 is 9.13 Å². The summed E-state index contributed by atoms with van der Waals surface area (Å²) >= 11 is 0. The summed E-state index contributed by atoms with van der Waals surface area (Å²) in [7, 11) is 0. The molecule has 0 spiro atoms. The van der Waals surface area contributed by atoms with Gasteiger partial charge in [-0.25, -0.2) is 4.85 Å². The normalized spacial score (nSPS) is 15.2. The standard InChI is InChI=1S/C51H46N4/c1-49(2,3)34-24-26-43-38(30-34)36-20-13-15-22-41(36)55(43)48-45-44(50(4,5)27-16-28-51(45,6)7)47(39(31-52)46(48)53-8)54-40-21-14-12-19-35(40)37-29-33(23-25-42(37)54)32-17-10-9-11-18-32/h9-15,17-26,29-30H,16,27-28H2,1-7H3. The molecule has 270 valence electrons. The van der Waals surface area contributed by atoms with Crippen LogP contribution >= 0.6 is 0 Å². The Bertz CT molecular complexity index is 2950. The topological polar surface area (TPSA) is 38.0 Å². The fourth-order valence-corrected chi connectivity index (χ4v) is 9.61. The quantitative estimate of drug-likeness (QED) is 0.133. The SMILES string of the molecule is [C-]#[N+]c1c(C#N)c(-n2c3ccccc3c3cc(-c4ccccc4)ccc32)c2c(c1-n1c3ccccc3c3cc(C(C)(C)C)ccc31)C(C)(C)CCCC2(C)C. The summed E-state index contributed by atoms with van der Waals surface area (Å²) in [5.74, 6) is 0. The van der Waals surface area contributed by atoms with Crippen LogP contribution in [0, 0.1) is 17.9 Å². The van der Waals surface area contributed by atoms with Crippen LogP contribution in [0.1, 0.15) is 90.0 Å². The lowest BCUT2D eigenvalue weighted by atomic mass is 9.72. The average molecular weight is 715 g/mol. The van der Waals surface area contributed by atoms with E-state index >= 15 is 0 Å². The molecule has 4 nitrogen and oxygen atoms in total. The van der Waals surface area contributed by atoms with E-state index in [1.54, 1.807) is 0 Å². The van der Waals surface area contributed by atoms with Gasteiger partial charge in [-0.3, -0.25) is 0 Å². The first-order valence-corrected chi connectivity index (χ1v) is 19.5. The van der Waals surface area contributed by atoms with Crippen LogP contribution in [0.25, 0.3) is 71.0 Å². The van der Waals surface area contributed by atoms with E-state index in [4.69, 9.17) is 6.57 Å². The summed E-state index contributed by atoms with van der Waals surface area (Å²) in [6, 6.07) is 43.8. The van der Waals surface area contributed by atoms with Gasteiger partial charge in [0.25, 0.3) is 0 Å². The molecule has 2 heterocycles. The fraction of sp³-hybridized carbons (Fsp3) is 0.255. The first-order valence-electron chi connectivity index (χ1n) is 19.5. The molecule has 6 aromatic carbocycles. The Kier molecular flexibility index (Phi) is 7.69. The summed E-state index contributed by atoms with van der Waals surface area (Å²) in [6.07, 6.45) is 2.98. The molecule has 0 fully saturated rings. The van der Waals surface area contributed by atoms with Gasteiger partial charge in [0.05, 0.1) is 51.6 Å². The van der Waals surface area contributed by atoms with Crippen LogP contribution in [0.5, 0.6) is 0 Å². The minimum atomic E-state index is -0.306. The van der Waals surface area contributed by atoms with Crippen LogP contribution in [0.2, 0.25) is 0 Å². The zero-order chi connectivity index (χ0) is 38.4. The van der Waals surface area contributed by atoms with E-state index in [1.807, 2.05) is 6.07 Å². The first-order chi connectivity index (χ1) is 26.4. The van der Waals surface area contributed by atoms with Crippen molar-refractivity contribution in [3.8, 4) is 28.6 Å². The molecule has 1 aliphatic rings. The van der Waals surface area contributed by atoms with E-state index in [-0.39, 0.29) is 16.2 Å². The molecule has 8 aromatic rings. The molecule has 55 heavy (non-hydrogen) atoms. The number of hydrogen-bond donors (Lipinski definition) is 0. The molecule has 4 heteroatoms. The maximum Gasteiger partial charge on any atom is 0.230 e. The lowest BCUT2D eigenvalue weighted by Gasteiger charge is -2.36. The van der Waals surface area contributed by atoms with Crippen molar-refractivity contribution in [1.82, 2.24) is 9.13 Å². The number of nitrogens with zero attached hydrogens (tertiary/aromatic N) is 4. The molecule has 0 atom stereocenters. The molecule has 0 saturated carbocycles. The van der Waals surface area contributed by atoms with Gasteiger partial charge in [-0.15, -0.1) is 0 Å². The highest BCUT2D eigenvalue weighted by Crippen LogP contribution is 2.55. The highest BCUT2D eigenvalue weighted by molar-refractivity contribution is 6.12. The lowest BCUT2D eigenvalue weighted by Crippen LogP contribution is -2.27. The van der Waals surface area contributed by atoms with Gasteiger partial charge in [-0.05, 0) is 93.3 Å². The van der Waals surface area contributed by atoms with Gasteiger partial charge >= 0.3 is 0 Å². The highest BCUT2D eigenvalue weighted by Gasteiger charge is 2.43. The number of rotatable bonds is 3. The summed E-state index contributed by atoms with van der Waals surface area (Å²) < 4.78 is 4.65. The van der Waals surface area contributed by atoms with E-state index in [0.717, 1.165) is 85.4 Å². The summed E-state index contributed by atoms with van der Waals surface area (Å²) in [5, 5.41) is 16.1. The predicted molar refractivity (Wildman–Crippen MR) is 230 cm³/mol. The molecular weight excluding hydrogens is 669 g/mol. The second kappa shape index (κ2) is 12.2. The maximum absolute atomic E-state index is 11.5. The Morgan fingerprint density at radius 3 is 1.69 bits per heavy atom. The zero-order valence-corrected chi connectivity index (χ0v) is 32.9. The van der Waals surface area contributed by atoms with Crippen molar-refractivity contribution in [2.75, 3.05) is 0 Å². The molecule has 0 amide bonds. The van der Waals surface area contributed by atoms with Crippen LogP contribution < -0.4 is 0 Å². The summed E-state index contributed by atoms with van der Waals surface area (Å²) in [4.78, 5) is 4.40. The molecule has 0 radical (unpaired) electrons. The summed E-state index contributed by atoms with van der Waals surface area (Å²) in [6.45, 7) is 25.1. The monoisotopic (exact) mass is 714 g/mol. The minimum absolute atomic E-state index is 0.0258. The van der Waals surface area contributed by atoms with Crippen LogP contribution in [0.15, 0.2) is 115 Å². The van der Waals surface area contributed by atoms with Crippen molar-refractivity contribution >= 4 is 49.3 Å². The third kappa shape index (κ3) is 5.16. The third-order valence-electron chi connectivity index (χ3n) is 12.4. The second-order valence-corrected chi connectivity index (χ2v) is 17.8. The zero-order valence-electron chi connectivity index (χ0n) is 32.9. The Balaban J connectivity index is 1.49. The molecule has 0 N–H and O–H groups in total. The van der Waals surface area contributed by atoms with E-state index < -0.39 is 0 Å². The number of hydrogen-bond acceptors (Lipinski definition) is 1.